The van der Waals surface area contributed by atoms with E-state index >= 15 is 0 Å². The van der Waals surface area contributed by atoms with Crippen LogP contribution in [0.5, 0.6) is 0 Å². The van der Waals surface area contributed by atoms with Gasteiger partial charge in [-0.25, -0.2) is 4.68 Å². The Kier molecular flexibility index (Phi) is 4.82. The fourth-order valence-corrected chi connectivity index (χ4v) is 3.65. The van der Waals surface area contributed by atoms with Crippen molar-refractivity contribution in [1.82, 2.24) is 14.7 Å². The van der Waals surface area contributed by atoms with Gasteiger partial charge in [-0.2, -0.15) is 5.10 Å². The predicted octanol–water partition coefficient (Wildman–Crippen LogP) is 3.11. The second-order valence-corrected chi connectivity index (χ2v) is 7.37. The molecule has 0 saturated carbocycles. The molecule has 0 atom stereocenters. The summed E-state index contributed by atoms with van der Waals surface area (Å²) in [6, 6.07) is 17.5. The van der Waals surface area contributed by atoms with E-state index < -0.39 is 0 Å². The monoisotopic (exact) mass is 373 g/mol. The van der Waals surface area contributed by atoms with E-state index in [1.165, 1.54) is 21.9 Å². The summed E-state index contributed by atoms with van der Waals surface area (Å²) in [5, 5.41) is 4.48. The van der Waals surface area contributed by atoms with E-state index in [1.54, 1.807) is 11.0 Å². The number of amides is 1. The first-order valence-corrected chi connectivity index (χ1v) is 9.51. The molecule has 28 heavy (non-hydrogen) atoms. The topological polar surface area (TPSA) is 55.2 Å². The summed E-state index contributed by atoms with van der Waals surface area (Å²) >= 11 is 0. The standard InChI is InChI=1S/C23H23N3O2/c1-16-7-8-17(2)20(13-16)21-9-10-22(27)26(24-21)15-23(28)25-12-11-18-5-3-4-6-19(18)14-25/h3-10,13H,11-12,14-15H2,1-2H3. The molecule has 5 heteroatoms. The minimum atomic E-state index is -0.264. The zero-order valence-electron chi connectivity index (χ0n) is 16.2. The predicted molar refractivity (Wildman–Crippen MR) is 109 cm³/mol. The van der Waals surface area contributed by atoms with E-state index in [9.17, 15) is 9.59 Å². The van der Waals surface area contributed by atoms with Crippen LogP contribution in [0.2, 0.25) is 0 Å². The van der Waals surface area contributed by atoms with Gasteiger partial charge < -0.3 is 4.90 Å². The molecule has 0 bridgehead atoms. The Labute approximate surface area is 164 Å². The van der Waals surface area contributed by atoms with Crippen molar-refractivity contribution in [3.63, 3.8) is 0 Å². The summed E-state index contributed by atoms with van der Waals surface area (Å²) < 4.78 is 1.28. The van der Waals surface area contributed by atoms with Crippen molar-refractivity contribution < 1.29 is 4.79 Å². The average Bonchev–Trinajstić information content (AvgIpc) is 2.71. The first-order chi connectivity index (χ1) is 13.5. The molecule has 4 rings (SSSR count). The maximum absolute atomic E-state index is 12.8. The summed E-state index contributed by atoms with van der Waals surface area (Å²) in [6.45, 7) is 5.25. The molecule has 0 aliphatic carbocycles. The fraction of sp³-hybridized carbons (Fsp3) is 0.261. The summed E-state index contributed by atoms with van der Waals surface area (Å²) in [4.78, 5) is 26.9. The lowest BCUT2D eigenvalue weighted by Gasteiger charge is -2.29. The van der Waals surface area contributed by atoms with Gasteiger partial charge in [-0.1, -0.05) is 42.0 Å². The van der Waals surface area contributed by atoms with Gasteiger partial charge >= 0.3 is 0 Å². The van der Waals surface area contributed by atoms with Gasteiger partial charge in [0.15, 0.2) is 0 Å². The molecule has 2 heterocycles. The quantitative estimate of drug-likeness (QED) is 0.709. The minimum Gasteiger partial charge on any atom is -0.336 e. The Morgan fingerprint density at radius 1 is 1.04 bits per heavy atom. The molecule has 142 valence electrons. The van der Waals surface area contributed by atoms with Crippen molar-refractivity contribution >= 4 is 5.91 Å². The normalized spacial score (nSPS) is 13.3. The van der Waals surface area contributed by atoms with Crippen LogP contribution >= 0.6 is 0 Å². The maximum Gasteiger partial charge on any atom is 0.267 e. The third-order valence-electron chi connectivity index (χ3n) is 5.30. The molecule has 0 spiro atoms. The molecule has 3 aromatic rings. The van der Waals surface area contributed by atoms with Gasteiger partial charge in [0.05, 0.1) is 5.69 Å². The Balaban J connectivity index is 1.57. The molecule has 1 amide bonds. The van der Waals surface area contributed by atoms with Crippen molar-refractivity contribution in [3.8, 4) is 11.3 Å². The third kappa shape index (κ3) is 3.60. The van der Waals surface area contributed by atoms with E-state index in [0.29, 0.717) is 18.8 Å². The van der Waals surface area contributed by atoms with E-state index in [4.69, 9.17) is 0 Å². The van der Waals surface area contributed by atoms with Crippen LogP contribution in [0, 0.1) is 13.8 Å². The van der Waals surface area contributed by atoms with Gasteiger partial charge in [0, 0.05) is 24.7 Å². The molecule has 0 N–H and O–H groups in total. The second kappa shape index (κ2) is 7.43. The molecule has 2 aromatic carbocycles. The first-order valence-electron chi connectivity index (χ1n) is 9.51. The largest absolute Gasteiger partial charge is 0.336 e. The molecular formula is C23H23N3O2. The maximum atomic E-state index is 12.8. The van der Waals surface area contributed by atoms with Crippen LogP contribution in [0.25, 0.3) is 11.3 Å². The van der Waals surface area contributed by atoms with Gasteiger partial charge in [0.2, 0.25) is 5.91 Å². The minimum absolute atomic E-state index is 0.0420. The van der Waals surface area contributed by atoms with Gasteiger partial charge in [-0.3, -0.25) is 9.59 Å². The Hall–Kier alpha value is -3.21. The van der Waals surface area contributed by atoms with Crippen molar-refractivity contribution in [2.75, 3.05) is 6.54 Å². The molecule has 0 unspecified atom stereocenters. The number of hydrogen-bond donors (Lipinski definition) is 0. The van der Waals surface area contributed by atoms with Crippen molar-refractivity contribution in [1.29, 1.82) is 0 Å². The lowest BCUT2D eigenvalue weighted by atomic mass is 10.00. The van der Waals surface area contributed by atoms with Crippen LogP contribution in [-0.2, 0) is 24.3 Å². The highest BCUT2D eigenvalue weighted by molar-refractivity contribution is 5.76. The van der Waals surface area contributed by atoms with Crippen LogP contribution < -0.4 is 5.56 Å². The molecular weight excluding hydrogens is 350 g/mol. The van der Waals surface area contributed by atoms with Gasteiger partial charge in [-0.15, -0.1) is 0 Å². The zero-order valence-corrected chi connectivity index (χ0v) is 16.2. The number of carbonyl (C=O) groups excluding carboxylic acids is 1. The summed E-state index contributed by atoms with van der Waals surface area (Å²) in [5.74, 6) is -0.0813. The smallest absolute Gasteiger partial charge is 0.267 e. The molecule has 1 aromatic heterocycles. The summed E-state index contributed by atoms with van der Waals surface area (Å²) in [6.07, 6.45) is 0.840. The van der Waals surface area contributed by atoms with Crippen LogP contribution in [0.3, 0.4) is 0 Å². The zero-order chi connectivity index (χ0) is 19.7. The van der Waals surface area contributed by atoms with Gasteiger partial charge in [0.1, 0.15) is 6.54 Å². The highest BCUT2D eigenvalue weighted by Gasteiger charge is 2.21. The number of aryl methyl sites for hydroxylation is 2. The molecule has 0 fully saturated rings. The molecule has 0 radical (unpaired) electrons. The van der Waals surface area contributed by atoms with E-state index in [2.05, 4.69) is 23.3 Å². The third-order valence-corrected chi connectivity index (χ3v) is 5.30. The average molecular weight is 373 g/mol. The highest BCUT2D eigenvalue weighted by Crippen LogP contribution is 2.22. The first kappa shape index (κ1) is 18.2. The molecule has 5 nitrogen and oxygen atoms in total. The van der Waals surface area contributed by atoms with Crippen LogP contribution in [0.15, 0.2) is 59.4 Å². The highest BCUT2D eigenvalue weighted by atomic mass is 16.2. The Morgan fingerprint density at radius 3 is 2.64 bits per heavy atom. The van der Waals surface area contributed by atoms with Crippen molar-refractivity contribution in [3.05, 3.63) is 87.2 Å². The second-order valence-electron chi connectivity index (χ2n) is 7.37. The lowest BCUT2D eigenvalue weighted by Crippen LogP contribution is -2.40. The summed E-state index contributed by atoms with van der Waals surface area (Å²) in [7, 11) is 0. The number of nitrogens with zero attached hydrogens (tertiary/aromatic N) is 3. The number of benzene rings is 2. The SMILES string of the molecule is Cc1ccc(C)c(-c2ccc(=O)n(CC(=O)N3CCc4ccccc4C3)n2)c1. The number of rotatable bonds is 3. The fourth-order valence-electron chi connectivity index (χ4n) is 3.65. The molecule has 0 saturated heterocycles. The Morgan fingerprint density at radius 2 is 1.82 bits per heavy atom. The van der Waals surface area contributed by atoms with E-state index in [1.807, 2.05) is 38.1 Å². The van der Waals surface area contributed by atoms with E-state index in [0.717, 1.165) is 23.1 Å². The number of aromatic nitrogens is 2. The van der Waals surface area contributed by atoms with Crippen LogP contribution in [0.4, 0.5) is 0 Å². The molecule has 1 aliphatic heterocycles. The van der Waals surface area contributed by atoms with Crippen molar-refractivity contribution in [2.45, 2.75) is 33.4 Å². The number of carbonyl (C=O) groups is 1. The number of fused-ring (bicyclic) bond motifs is 1. The van der Waals surface area contributed by atoms with Crippen LogP contribution in [0.1, 0.15) is 22.3 Å². The Bertz CT molecular complexity index is 1100. The van der Waals surface area contributed by atoms with Gasteiger partial charge in [-0.05, 0) is 49.1 Å². The lowest BCUT2D eigenvalue weighted by molar-refractivity contribution is -0.133. The van der Waals surface area contributed by atoms with E-state index in [-0.39, 0.29) is 18.0 Å². The van der Waals surface area contributed by atoms with Crippen LogP contribution in [-0.4, -0.2) is 27.1 Å². The molecule has 1 aliphatic rings. The summed E-state index contributed by atoms with van der Waals surface area (Å²) in [5.41, 5.74) is 6.10. The van der Waals surface area contributed by atoms with Crippen molar-refractivity contribution in [2.24, 2.45) is 0 Å². The van der Waals surface area contributed by atoms with Gasteiger partial charge in [0.25, 0.3) is 5.56 Å². The number of hydrogen-bond acceptors (Lipinski definition) is 3.